The molecule has 9 heteroatoms. The number of aromatic nitrogens is 6. The molecule has 0 aliphatic carbocycles. The van der Waals surface area contributed by atoms with Gasteiger partial charge in [-0.3, -0.25) is 5.10 Å². The molecule has 3 aromatic heterocycles. The lowest BCUT2D eigenvalue weighted by atomic mass is 10.4. The normalized spacial score (nSPS) is 11.1. The largest absolute Gasteiger partial charge is 0.354 e. The quantitative estimate of drug-likeness (QED) is 0.674. The molecule has 3 aromatic rings. The summed E-state index contributed by atoms with van der Waals surface area (Å²) in [6, 6.07) is 0. The van der Waals surface area contributed by atoms with Gasteiger partial charge in [0.05, 0.1) is 11.6 Å². The average molecular weight is 321 g/mol. The van der Waals surface area contributed by atoms with Crippen LogP contribution in [0.2, 0.25) is 0 Å². The number of H-pyrrole nitrogens is 1. The van der Waals surface area contributed by atoms with Crippen LogP contribution in [0.1, 0.15) is 26.1 Å². The molecule has 0 aliphatic heterocycles. The zero-order chi connectivity index (χ0) is 14.7. The van der Waals surface area contributed by atoms with Crippen molar-refractivity contribution >= 4 is 40.3 Å². The Morgan fingerprint density at radius 1 is 1.29 bits per heavy atom. The van der Waals surface area contributed by atoms with Gasteiger partial charge in [0.2, 0.25) is 5.95 Å². The minimum Gasteiger partial charge on any atom is -0.354 e. The summed E-state index contributed by atoms with van der Waals surface area (Å²) in [7, 11) is 0. The van der Waals surface area contributed by atoms with Gasteiger partial charge in [-0.2, -0.15) is 14.5 Å². The van der Waals surface area contributed by atoms with Gasteiger partial charge < -0.3 is 5.32 Å². The summed E-state index contributed by atoms with van der Waals surface area (Å²) in [6.45, 7) is 4.98. The number of aryl methyl sites for hydroxylation is 1. The molecule has 2 N–H and O–H groups in total. The van der Waals surface area contributed by atoms with Crippen LogP contribution in [0.5, 0.6) is 0 Å². The van der Waals surface area contributed by atoms with Gasteiger partial charge in [0.1, 0.15) is 10.9 Å². The first kappa shape index (κ1) is 14.2. The summed E-state index contributed by atoms with van der Waals surface area (Å²) in [6.07, 6.45) is 3.59. The second-order valence-electron chi connectivity index (χ2n) is 4.34. The Kier molecular flexibility index (Phi) is 4.30. The van der Waals surface area contributed by atoms with Gasteiger partial charge in [-0.25, -0.2) is 9.97 Å². The van der Waals surface area contributed by atoms with E-state index in [0.29, 0.717) is 5.95 Å². The lowest BCUT2D eigenvalue weighted by Gasteiger charge is -2.05. The van der Waals surface area contributed by atoms with E-state index >= 15 is 0 Å². The van der Waals surface area contributed by atoms with Gasteiger partial charge in [0, 0.05) is 13.0 Å². The average Bonchev–Trinajstić information content (AvgIpc) is 3.13. The van der Waals surface area contributed by atoms with Crippen LogP contribution in [0.4, 0.5) is 5.95 Å². The molecule has 0 aromatic carbocycles. The minimum absolute atomic E-state index is 0.608. The van der Waals surface area contributed by atoms with Crippen LogP contribution in [0.3, 0.4) is 0 Å². The second kappa shape index (κ2) is 6.35. The topological polar surface area (TPSA) is 92.3 Å². The van der Waals surface area contributed by atoms with Gasteiger partial charge in [-0.05, 0) is 29.7 Å². The van der Waals surface area contributed by atoms with E-state index in [2.05, 4.69) is 41.8 Å². The van der Waals surface area contributed by atoms with E-state index in [-0.39, 0.29) is 0 Å². The fourth-order valence-corrected chi connectivity index (χ4v) is 3.41. The predicted molar refractivity (Wildman–Crippen MR) is 83.9 cm³/mol. The molecule has 0 radical (unpaired) electrons. The van der Waals surface area contributed by atoms with Crippen molar-refractivity contribution in [2.45, 2.75) is 36.1 Å². The smallest absolute Gasteiger partial charge is 0.225 e. The van der Waals surface area contributed by atoms with Crippen molar-refractivity contribution < 1.29 is 0 Å². The van der Waals surface area contributed by atoms with Crippen LogP contribution in [0.15, 0.2) is 15.6 Å². The molecule has 0 bridgehead atoms. The maximum atomic E-state index is 4.56. The van der Waals surface area contributed by atoms with Crippen molar-refractivity contribution in [1.82, 2.24) is 29.5 Å². The van der Waals surface area contributed by atoms with E-state index in [9.17, 15) is 0 Å². The first-order valence-electron chi connectivity index (χ1n) is 6.75. The van der Waals surface area contributed by atoms with Crippen LogP contribution in [-0.4, -0.2) is 36.1 Å². The molecule has 7 nitrogen and oxygen atoms in total. The molecule has 3 rings (SSSR count). The lowest BCUT2D eigenvalue weighted by Crippen LogP contribution is -2.05. The third-order valence-corrected chi connectivity index (χ3v) is 4.55. The number of hydrogen-bond donors (Lipinski definition) is 2. The molecule has 110 valence electrons. The fraction of sp³-hybridized carbons (Fsp3) is 0.417. The molecule has 0 unspecified atom stereocenters. The van der Waals surface area contributed by atoms with Crippen molar-refractivity contribution in [2.24, 2.45) is 0 Å². The lowest BCUT2D eigenvalue weighted by molar-refractivity contribution is 0.942. The van der Waals surface area contributed by atoms with Crippen LogP contribution in [0, 0.1) is 0 Å². The Morgan fingerprint density at radius 3 is 2.95 bits per heavy atom. The Bertz CT molecular complexity index is 736. The Hall–Kier alpha value is -1.74. The monoisotopic (exact) mass is 321 g/mol. The number of nitrogens with zero attached hydrogens (tertiary/aromatic N) is 5. The Balaban J connectivity index is 1.93. The highest BCUT2D eigenvalue weighted by molar-refractivity contribution is 8.01. The molecule has 0 fully saturated rings. The third-order valence-electron chi connectivity index (χ3n) is 2.76. The zero-order valence-corrected chi connectivity index (χ0v) is 13.4. The second-order valence-corrected chi connectivity index (χ2v) is 6.33. The Labute approximate surface area is 130 Å². The van der Waals surface area contributed by atoms with Gasteiger partial charge in [0.15, 0.2) is 9.99 Å². The van der Waals surface area contributed by atoms with Crippen LogP contribution in [-0.2, 0) is 6.42 Å². The van der Waals surface area contributed by atoms with Crippen LogP contribution >= 0.6 is 23.3 Å². The highest BCUT2D eigenvalue weighted by Gasteiger charge is 2.13. The molecule has 0 saturated heterocycles. The number of hydrogen-bond acceptors (Lipinski definition) is 8. The van der Waals surface area contributed by atoms with Crippen LogP contribution in [0.25, 0.3) is 11.0 Å². The van der Waals surface area contributed by atoms with E-state index in [1.165, 1.54) is 23.3 Å². The molecular formula is C12H15N7S2. The summed E-state index contributed by atoms with van der Waals surface area (Å²) in [5, 5.41) is 11.9. The molecule has 21 heavy (non-hydrogen) atoms. The fourth-order valence-electron chi connectivity index (χ4n) is 1.71. The number of fused-ring (bicyclic) bond motifs is 1. The van der Waals surface area contributed by atoms with Crippen molar-refractivity contribution in [3.05, 3.63) is 12.0 Å². The summed E-state index contributed by atoms with van der Waals surface area (Å²) in [4.78, 5) is 13.4. The highest BCUT2D eigenvalue weighted by atomic mass is 32.2. The number of anilines is 1. The minimum atomic E-state index is 0.608. The predicted octanol–water partition coefficient (Wildman–Crippen LogP) is 2.74. The molecule has 0 aliphatic rings. The van der Waals surface area contributed by atoms with E-state index in [4.69, 9.17) is 0 Å². The van der Waals surface area contributed by atoms with Crippen LogP contribution < -0.4 is 5.32 Å². The zero-order valence-electron chi connectivity index (χ0n) is 11.8. The van der Waals surface area contributed by atoms with E-state index in [1.807, 2.05) is 6.92 Å². The highest BCUT2D eigenvalue weighted by Crippen LogP contribution is 2.32. The van der Waals surface area contributed by atoms with Crippen molar-refractivity contribution in [2.75, 3.05) is 11.9 Å². The van der Waals surface area contributed by atoms with E-state index in [0.717, 1.165) is 45.6 Å². The van der Waals surface area contributed by atoms with E-state index in [1.54, 1.807) is 6.20 Å². The molecular weight excluding hydrogens is 306 g/mol. The van der Waals surface area contributed by atoms with Gasteiger partial charge >= 0.3 is 0 Å². The summed E-state index contributed by atoms with van der Waals surface area (Å²) in [5.74, 6) is 1.47. The first-order valence-corrected chi connectivity index (χ1v) is 8.34. The standard InChI is InChI=1S/C12H15N7S2/c1-3-5-13-11-16-9-7(6-14-18-9)10(17-11)20-12-15-8(4-2)19-21-12/h6H,3-5H2,1-2H3,(H2,13,14,16,17,18). The van der Waals surface area contributed by atoms with Crippen molar-refractivity contribution in [3.8, 4) is 0 Å². The van der Waals surface area contributed by atoms with Gasteiger partial charge in [-0.15, -0.1) is 0 Å². The summed E-state index contributed by atoms with van der Waals surface area (Å²) >= 11 is 2.89. The summed E-state index contributed by atoms with van der Waals surface area (Å²) < 4.78 is 5.18. The summed E-state index contributed by atoms with van der Waals surface area (Å²) in [5.41, 5.74) is 0.728. The molecule has 0 atom stereocenters. The molecule has 3 heterocycles. The molecule has 0 spiro atoms. The maximum absolute atomic E-state index is 4.56. The van der Waals surface area contributed by atoms with Crippen molar-refractivity contribution in [1.29, 1.82) is 0 Å². The first-order chi connectivity index (χ1) is 10.3. The van der Waals surface area contributed by atoms with Gasteiger partial charge in [0.25, 0.3) is 0 Å². The number of aromatic amines is 1. The SMILES string of the molecule is CCCNc1nc(Sc2nc(CC)ns2)c2cn[nH]c2n1. The Morgan fingerprint density at radius 2 is 2.19 bits per heavy atom. The molecule has 0 saturated carbocycles. The number of nitrogens with one attached hydrogen (secondary N) is 2. The third kappa shape index (κ3) is 3.13. The van der Waals surface area contributed by atoms with Gasteiger partial charge in [-0.1, -0.05) is 13.8 Å². The molecule has 0 amide bonds. The van der Waals surface area contributed by atoms with E-state index < -0.39 is 0 Å². The number of rotatable bonds is 6. The van der Waals surface area contributed by atoms with Crippen molar-refractivity contribution in [3.63, 3.8) is 0 Å². The maximum Gasteiger partial charge on any atom is 0.225 e.